The van der Waals surface area contributed by atoms with Crippen LogP contribution in [-0.2, 0) is 51.2 Å². The maximum atomic E-state index is 14.0. The van der Waals surface area contributed by atoms with E-state index in [-0.39, 0.29) is 38.0 Å². The first-order chi connectivity index (χ1) is 27.4. The van der Waals surface area contributed by atoms with E-state index < -0.39 is 108 Å². The number of hydrogen-bond donors (Lipinski definition) is 10. The minimum absolute atomic E-state index is 0.0363. The maximum Gasteiger partial charge on any atom is 0.243 e. The second kappa shape index (κ2) is 22.0. The number of benzene rings is 2. The summed E-state index contributed by atoms with van der Waals surface area (Å²) < 4.78 is 0. The molecule has 0 saturated carbocycles. The molecule has 0 aromatic heterocycles. The van der Waals surface area contributed by atoms with Crippen molar-refractivity contribution in [3.8, 4) is 5.75 Å². The fraction of sp³-hybridized carbons (Fsp3) is 0.500. The number of hydrogen-bond acceptors (Lipinski definition) is 10. The highest BCUT2D eigenvalue weighted by Gasteiger charge is 2.36. The van der Waals surface area contributed by atoms with E-state index >= 15 is 0 Å². The van der Waals surface area contributed by atoms with Crippen LogP contribution in [0.5, 0.6) is 5.75 Å². The average Bonchev–Trinajstić information content (AvgIpc) is 3.16. The molecule has 0 spiro atoms. The van der Waals surface area contributed by atoms with Crippen LogP contribution >= 0.6 is 0 Å². The summed E-state index contributed by atoms with van der Waals surface area (Å²) in [6, 6.07) is 6.39. The van der Waals surface area contributed by atoms with Crippen molar-refractivity contribution in [1.82, 2.24) is 37.2 Å². The Labute approximate surface area is 337 Å². The molecule has 0 unspecified atom stereocenters. The molecule has 2 aromatic carbocycles. The van der Waals surface area contributed by atoms with Gasteiger partial charge in [0.15, 0.2) is 0 Å². The van der Waals surface area contributed by atoms with Gasteiger partial charge in [0.05, 0.1) is 12.5 Å². The maximum absolute atomic E-state index is 14.0. The van der Waals surface area contributed by atoms with E-state index in [0.717, 1.165) is 0 Å². The third-order valence-corrected chi connectivity index (χ3v) is 9.56. The van der Waals surface area contributed by atoms with Crippen LogP contribution in [0.2, 0.25) is 0 Å². The lowest BCUT2D eigenvalue weighted by Gasteiger charge is -2.30. The number of amides is 8. The Morgan fingerprint density at radius 3 is 1.90 bits per heavy atom. The van der Waals surface area contributed by atoms with Crippen molar-refractivity contribution in [2.75, 3.05) is 6.54 Å². The molecular formula is C40H57N9O9. The molecule has 0 aliphatic carbocycles. The number of phenolic OH excluding ortho intramolecular Hbond substituents is 1. The summed E-state index contributed by atoms with van der Waals surface area (Å²) in [5.41, 5.74) is 13.0. The summed E-state index contributed by atoms with van der Waals surface area (Å²) in [4.78, 5) is 107. The Hall–Kier alpha value is -6.04. The molecule has 12 N–H and O–H groups in total. The quantitative estimate of drug-likeness (QED) is 0.112. The number of nitrogens with two attached hydrogens (primary N) is 2. The van der Waals surface area contributed by atoms with E-state index in [1.165, 1.54) is 19.1 Å². The summed E-state index contributed by atoms with van der Waals surface area (Å²) in [6.07, 6.45) is -0.210. The minimum atomic E-state index is -1.54. The molecule has 316 valence electrons. The number of aromatic hydroxyl groups is 1. The Bertz CT molecular complexity index is 1770. The Balaban J connectivity index is 1.86. The van der Waals surface area contributed by atoms with E-state index in [4.69, 9.17) is 11.5 Å². The van der Waals surface area contributed by atoms with Crippen molar-refractivity contribution in [2.24, 2.45) is 23.3 Å². The summed E-state index contributed by atoms with van der Waals surface area (Å²) >= 11 is 0. The van der Waals surface area contributed by atoms with E-state index in [0.29, 0.717) is 11.1 Å². The van der Waals surface area contributed by atoms with Crippen molar-refractivity contribution in [2.45, 2.75) is 109 Å². The van der Waals surface area contributed by atoms with Crippen LogP contribution in [0.15, 0.2) is 54.6 Å². The normalized spacial score (nSPS) is 21.3. The molecule has 58 heavy (non-hydrogen) atoms. The largest absolute Gasteiger partial charge is 0.508 e. The smallest absolute Gasteiger partial charge is 0.243 e. The van der Waals surface area contributed by atoms with E-state index in [2.05, 4.69) is 37.2 Å². The van der Waals surface area contributed by atoms with Crippen LogP contribution in [0.4, 0.5) is 0 Å². The fourth-order valence-corrected chi connectivity index (χ4v) is 6.11. The Morgan fingerprint density at radius 2 is 1.31 bits per heavy atom. The van der Waals surface area contributed by atoms with Crippen LogP contribution in [0, 0.1) is 11.8 Å². The van der Waals surface area contributed by atoms with Gasteiger partial charge in [0.2, 0.25) is 47.3 Å². The zero-order chi connectivity index (χ0) is 43.1. The molecule has 7 atom stereocenters. The van der Waals surface area contributed by atoms with Gasteiger partial charge in [-0.1, -0.05) is 70.2 Å². The fourth-order valence-electron chi connectivity index (χ4n) is 6.11. The minimum Gasteiger partial charge on any atom is -0.508 e. The van der Waals surface area contributed by atoms with Crippen molar-refractivity contribution in [3.05, 3.63) is 65.7 Å². The van der Waals surface area contributed by atoms with Gasteiger partial charge < -0.3 is 53.8 Å². The molecule has 1 fully saturated rings. The lowest BCUT2D eigenvalue weighted by molar-refractivity contribution is -0.137. The molecule has 1 heterocycles. The first kappa shape index (κ1) is 46.3. The van der Waals surface area contributed by atoms with Gasteiger partial charge >= 0.3 is 0 Å². The third kappa shape index (κ3) is 14.5. The van der Waals surface area contributed by atoms with E-state index in [1.807, 2.05) is 0 Å². The second-order valence-electron chi connectivity index (χ2n) is 15.1. The zero-order valence-corrected chi connectivity index (χ0v) is 33.5. The van der Waals surface area contributed by atoms with Gasteiger partial charge in [-0.25, -0.2) is 0 Å². The lowest BCUT2D eigenvalue weighted by Crippen LogP contribution is -2.62. The SMILES string of the molecule is CC(C)[C@@H]1NC(=O)[C@@H](NC(=O)[C@H](Cc2ccccc2)NC(=O)[C@@H](C)NC(=O)[C@@H](N)Cc2ccc(O)cc2)CC(=O)NCCC[C@@H](C(N)=O)NC(=O)[C@H](C(C)C)NC1=O. The number of carbonyl (C=O) groups is 8. The molecule has 8 amide bonds. The van der Waals surface area contributed by atoms with Gasteiger partial charge in [-0.05, 0) is 61.3 Å². The first-order valence-electron chi connectivity index (χ1n) is 19.3. The van der Waals surface area contributed by atoms with E-state index in [1.54, 1.807) is 70.2 Å². The number of carbonyl (C=O) groups excluding carboxylic acids is 8. The van der Waals surface area contributed by atoms with Crippen LogP contribution in [-0.4, -0.2) is 101 Å². The van der Waals surface area contributed by atoms with Crippen LogP contribution in [0.1, 0.15) is 65.0 Å². The molecule has 18 heteroatoms. The summed E-state index contributed by atoms with van der Waals surface area (Å²) in [7, 11) is 0. The molecule has 18 nitrogen and oxygen atoms in total. The molecular weight excluding hydrogens is 750 g/mol. The number of nitrogens with one attached hydrogen (secondary N) is 7. The lowest BCUT2D eigenvalue weighted by atomic mass is 9.98. The third-order valence-electron chi connectivity index (χ3n) is 9.56. The van der Waals surface area contributed by atoms with Crippen LogP contribution in [0.25, 0.3) is 0 Å². The van der Waals surface area contributed by atoms with Crippen LogP contribution < -0.4 is 48.7 Å². The summed E-state index contributed by atoms with van der Waals surface area (Å²) in [6.45, 7) is 8.15. The highest BCUT2D eigenvalue weighted by molar-refractivity contribution is 5.98. The van der Waals surface area contributed by atoms with Gasteiger partial charge in [-0.15, -0.1) is 0 Å². The highest BCUT2D eigenvalue weighted by Crippen LogP contribution is 2.13. The molecule has 0 radical (unpaired) electrons. The molecule has 3 rings (SSSR count). The van der Waals surface area contributed by atoms with Crippen LogP contribution in [0.3, 0.4) is 0 Å². The Morgan fingerprint density at radius 1 is 0.741 bits per heavy atom. The van der Waals surface area contributed by atoms with Gasteiger partial charge in [-0.3, -0.25) is 38.4 Å². The molecule has 1 aliphatic rings. The highest BCUT2D eigenvalue weighted by atomic mass is 16.3. The topological polar surface area (TPSA) is 293 Å². The molecule has 1 saturated heterocycles. The Kier molecular flexibility index (Phi) is 17.6. The van der Waals surface area contributed by atoms with Crippen molar-refractivity contribution in [1.29, 1.82) is 0 Å². The molecule has 0 bridgehead atoms. The van der Waals surface area contributed by atoms with Gasteiger partial charge in [0.25, 0.3) is 0 Å². The van der Waals surface area contributed by atoms with Crippen molar-refractivity contribution >= 4 is 47.3 Å². The van der Waals surface area contributed by atoms with E-state index in [9.17, 15) is 43.5 Å². The predicted molar refractivity (Wildman–Crippen MR) is 213 cm³/mol. The van der Waals surface area contributed by atoms with Crippen molar-refractivity contribution < 1.29 is 43.5 Å². The predicted octanol–water partition coefficient (Wildman–Crippen LogP) is -1.47. The first-order valence-corrected chi connectivity index (χ1v) is 19.3. The van der Waals surface area contributed by atoms with Crippen molar-refractivity contribution in [3.63, 3.8) is 0 Å². The average molecular weight is 808 g/mol. The van der Waals surface area contributed by atoms with Gasteiger partial charge in [0, 0.05) is 13.0 Å². The second-order valence-corrected chi connectivity index (χ2v) is 15.1. The monoisotopic (exact) mass is 807 g/mol. The summed E-state index contributed by atoms with van der Waals surface area (Å²) in [5.74, 6) is -6.82. The number of rotatable bonds is 13. The zero-order valence-electron chi connectivity index (χ0n) is 33.5. The number of primary amides is 1. The summed E-state index contributed by atoms with van der Waals surface area (Å²) in [5, 5.41) is 27.8. The molecule has 1 aliphatic heterocycles. The van der Waals surface area contributed by atoms with Gasteiger partial charge in [0.1, 0.15) is 42.0 Å². The standard InChI is InChI=1S/C40H57N9O9/c1-21(2)32-39(57)45-28(34(42)52)12-9-17-43-31(51)20-30(38(56)48-33(22(3)4)40(58)49-32)47-37(55)29(19-24-10-7-6-8-11-24)46-35(53)23(5)44-36(54)27(41)18-25-13-15-26(50)16-14-25/h6-8,10-11,13-16,21-23,27-30,32-33,50H,9,12,17-20,41H2,1-5H3,(H2,42,52)(H,43,51)(H,44,54)(H,45,57)(H,46,53)(H,47,55)(H,48,56)(H,49,58)/t23-,27+,28+,29+,30+,32+,33+/m1/s1. The molecule has 2 aromatic rings. The number of phenols is 1. The van der Waals surface area contributed by atoms with Gasteiger partial charge in [-0.2, -0.15) is 0 Å².